The molecule has 0 saturated carbocycles. The number of carbonyl (C=O) groups is 1. The molecule has 1 saturated heterocycles. The average molecular weight is 443 g/mol. The largest absolute Gasteiger partial charge is 0.372 e. The van der Waals surface area contributed by atoms with E-state index < -0.39 is 0 Å². The number of fused-ring (bicyclic) bond motifs is 1. The van der Waals surface area contributed by atoms with Gasteiger partial charge in [-0.25, -0.2) is 9.97 Å². The average Bonchev–Trinajstić information content (AvgIpc) is 3.18. The first-order chi connectivity index (χ1) is 14.7. The van der Waals surface area contributed by atoms with Crippen LogP contribution in [0.15, 0.2) is 23.7 Å². The van der Waals surface area contributed by atoms with Crippen LogP contribution in [0.4, 0.5) is 5.95 Å². The second-order valence-electron chi connectivity index (χ2n) is 10.0. The van der Waals surface area contributed by atoms with Crippen molar-refractivity contribution in [1.29, 1.82) is 0 Å². The number of nitrogens with zero attached hydrogens (tertiary/aromatic N) is 3. The molecule has 3 heterocycles. The van der Waals surface area contributed by atoms with Crippen LogP contribution >= 0.6 is 11.3 Å². The van der Waals surface area contributed by atoms with Crippen molar-refractivity contribution >= 4 is 23.2 Å². The summed E-state index contributed by atoms with van der Waals surface area (Å²) in [5.74, 6) is 0.806. The molecule has 0 bridgehead atoms. The summed E-state index contributed by atoms with van der Waals surface area (Å²) in [4.78, 5) is 26.1. The Morgan fingerprint density at radius 1 is 1.35 bits per heavy atom. The zero-order valence-corrected chi connectivity index (χ0v) is 20.0. The highest BCUT2D eigenvalue weighted by Gasteiger charge is 2.36. The summed E-state index contributed by atoms with van der Waals surface area (Å²) in [6, 6.07) is 4.08. The number of hydrogen-bond acceptors (Lipinski definition) is 6. The topological polar surface area (TPSA) is 67.4 Å². The molecule has 2 aromatic heterocycles. The van der Waals surface area contributed by atoms with Gasteiger partial charge in [0.15, 0.2) is 0 Å². The van der Waals surface area contributed by atoms with Crippen molar-refractivity contribution in [2.45, 2.75) is 72.1 Å². The van der Waals surface area contributed by atoms with Gasteiger partial charge >= 0.3 is 0 Å². The number of anilines is 1. The van der Waals surface area contributed by atoms with Gasteiger partial charge in [0.1, 0.15) is 0 Å². The Labute approximate surface area is 189 Å². The fraction of sp³-hybridized carbons (Fsp3) is 0.625. The van der Waals surface area contributed by atoms with Crippen LogP contribution in [0.25, 0.3) is 0 Å². The Morgan fingerprint density at radius 3 is 2.77 bits per heavy atom. The van der Waals surface area contributed by atoms with Crippen LogP contribution in [0.3, 0.4) is 0 Å². The molecule has 2 aromatic rings. The third-order valence-corrected chi connectivity index (χ3v) is 7.12. The minimum Gasteiger partial charge on any atom is -0.372 e. The summed E-state index contributed by atoms with van der Waals surface area (Å²) in [5.41, 5.74) is 2.19. The van der Waals surface area contributed by atoms with E-state index in [1.54, 1.807) is 11.3 Å². The summed E-state index contributed by atoms with van der Waals surface area (Å²) in [6.07, 6.45) is 4.83. The molecule has 1 aliphatic carbocycles. The molecular formula is C24H34N4O2S. The molecule has 2 aliphatic rings. The molecule has 1 N–H and O–H groups in total. The Hall–Kier alpha value is -1.99. The van der Waals surface area contributed by atoms with Gasteiger partial charge in [0, 0.05) is 35.6 Å². The van der Waals surface area contributed by atoms with Gasteiger partial charge in [-0.05, 0) is 50.0 Å². The Balaban J connectivity index is 1.52. The lowest BCUT2D eigenvalue weighted by Gasteiger charge is -2.38. The molecule has 0 unspecified atom stereocenters. The van der Waals surface area contributed by atoms with E-state index >= 15 is 0 Å². The standard InChI is InChI=1S/C24H34N4O2S/c1-15(9-18-7-6-8-31-18)22(29)26-20-10-24(4,5)11-21-19(20)12-25-23(27-21)28-13-16(2)30-17(3)14-28/h6-8,12,15-17,20H,9-11,13-14H2,1-5H3,(H,26,29)/t15-,16-,17-,20+/m1/s1. The van der Waals surface area contributed by atoms with Gasteiger partial charge in [-0.1, -0.05) is 26.8 Å². The van der Waals surface area contributed by atoms with E-state index in [4.69, 9.17) is 14.7 Å². The van der Waals surface area contributed by atoms with Crippen LogP contribution in [0.5, 0.6) is 0 Å². The molecule has 0 spiro atoms. The first-order valence-electron chi connectivity index (χ1n) is 11.3. The molecule has 1 fully saturated rings. The van der Waals surface area contributed by atoms with E-state index in [1.165, 1.54) is 4.88 Å². The number of ether oxygens (including phenoxy) is 1. The van der Waals surface area contributed by atoms with Crippen molar-refractivity contribution in [3.63, 3.8) is 0 Å². The Morgan fingerprint density at radius 2 is 2.10 bits per heavy atom. The smallest absolute Gasteiger partial charge is 0.225 e. The SMILES string of the molecule is C[C@@H]1CN(c2ncc3c(n2)CC(C)(C)C[C@@H]3NC(=O)[C@H](C)Cc2cccs2)C[C@@H](C)O1. The second kappa shape index (κ2) is 8.87. The van der Waals surface area contributed by atoms with Crippen molar-refractivity contribution in [2.24, 2.45) is 11.3 Å². The molecule has 0 aromatic carbocycles. The number of morpholine rings is 1. The number of thiophene rings is 1. The number of hydrogen-bond donors (Lipinski definition) is 1. The van der Waals surface area contributed by atoms with Crippen LogP contribution in [0, 0.1) is 11.3 Å². The lowest BCUT2D eigenvalue weighted by atomic mass is 9.74. The van der Waals surface area contributed by atoms with Gasteiger partial charge in [-0.3, -0.25) is 4.79 Å². The highest BCUT2D eigenvalue weighted by molar-refractivity contribution is 7.09. The summed E-state index contributed by atoms with van der Waals surface area (Å²) >= 11 is 1.70. The summed E-state index contributed by atoms with van der Waals surface area (Å²) in [5, 5.41) is 5.37. The molecular weight excluding hydrogens is 408 g/mol. The number of carbonyl (C=O) groups excluding carboxylic acids is 1. The monoisotopic (exact) mass is 442 g/mol. The zero-order chi connectivity index (χ0) is 22.2. The number of amides is 1. The molecule has 0 radical (unpaired) electrons. The quantitative estimate of drug-likeness (QED) is 0.753. The number of rotatable bonds is 5. The van der Waals surface area contributed by atoms with Gasteiger partial charge in [0.2, 0.25) is 11.9 Å². The zero-order valence-electron chi connectivity index (χ0n) is 19.2. The maximum atomic E-state index is 13.0. The molecule has 31 heavy (non-hydrogen) atoms. The normalized spacial score (nSPS) is 26.2. The fourth-order valence-corrected chi connectivity index (χ4v) is 5.63. The van der Waals surface area contributed by atoms with E-state index in [0.29, 0.717) is 0 Å². The minimum absolute atomic E-state index is 0.0476. The maximum absolute atomic E-state index is 13.0. The van der Waals surface area contributed by atoms with Gasteiger partial charge in [0.05, 0.1) is 23.9 Å². The van der Waals surface area contributed by atoms with Crippen molar-refractivity contribution < 1.29 is 9.53 Å². The van der Waals surface area contributed by atoms with Gasteiger partial charge in [0.25, 0.3) is 0 Å². The lowest BCUT2D eigenvalue weighted by Crippen LogP contribution is -2.46. The van der Waals surface area contributed by atoms with Crippen molar-refractivity contribution in [2.75, 3.05) is 18.0 Å². The van der Waals surface area contributed by atoms with Crippen LogP contribution in [0.1, 0.15) is 63.2 Å². The van der Waals surface area contributed by atoms with Crippen LogP contribution in [0.2, 0.25) is 0 Å². The first-order valence-corrected chi connectivity index (χ1v) is 12.2. The third-order valence-electron chi connectivity index (χ3n) is 6.22. The molecule has 7 heteroatoms. The van der Waals surface area contributed by atoms with Crippen molar-refractivity contribution in [3.05, 3.63) is 39.8 Å². The Bertz CT molecular complexity index is 904. The van der Waals surface area contributed by atoms with Crippen LogP contribution in [-0.2, 0) is 22.4 Å². The Kier molecular flexibility index (Phi) is 6.35. The molecule has 4 rings (SSSR count). The fourth-order valence-electron chi connectivity index (χ4n) is 4.80. The minimum atomic E-state index is -0.0661. The van der Waals surface area contributed by atoms with E-state index in [0.717, 1.165) is 49.6 Å². The summed E-state index contributed by atoms with van der Waals surface area (Å²) in [7, 11) is 0. The predicted molar refractivity (Wildman–Crippen MR) is 124 cm³/mol. The van der Waals surface area contributed by atoms with E-state index in [1.807, 2.05) is 19.2 Å². The van der Waals surface area contributed by atoms with E-state index in [9.17, 15) is 4.79 Å². The maximum Gasteiger partial charge on any atom is 0.225 e. The van der Waals surface area contributed by atoms with Gasteiger partial charge in [-0.15, -0.1) is 11.3 Å². The summed E-state index contributed by atoms with van der Waals surface area (Å²) < 4.78 is 5.86. The molecule has 168 valence electrons. The van der Waals surface area contributed by atoms with E-state index in [-0.39, 0.29) is 35.5 Å². The predicted octanol–water partition coefficient (Wildman–Crippen LogP) is 4.16. The molecule has 1 amide bonds. The van der Waals surface area contributed by atoms with Gasteiger partial charge in [-0.2, -0.15) is 0 Å². The highest BCUT2D eigenvalue weighted by Crippen LogP contribution is 2.40. The van der Waals surface area contributed by atoms with Gasteiger partial charge < -0.3 is 15.0 Å². The third kappa shape index (κ3) is 5.26. The number of nitrogens with one attached hydrogen (secondary N) is 1. The van der Waals surface area contributed by atoms with Crippen LogP contribution < -0.4 is 10.2 Å². The van der Waals surface area contributed by atoms with E-state index in [2.05, 4.69) is 49.4 Å². The molecule has 6 nitrogen and oxygen atoms in total. The van der Waals surface area contributed by atoms with Crippen molar-refractivity contribution in [1.82, 2.24) is 15.3 Å². The lowest BCUT2D eigenvalue weighted by molar-refractivity contribution is -0.125. The highest BCUT2D eigenvalue weighted by atomic mass is 32.1. The number of aromatic nitrogens is 2. The second-order valence-corrected chi connectivity index (χ2v) is 11.1. The van der Waals surface area contributed by atoms with Crippen molar-refractivity contribution in [3.8, 4) is 0 Å². The van der Waals surface area contributed by atoms with Crippen LogP contribution in [-0.4, -0.2) is 41.2 Å². The molecule has 4 atom stereocenters. The first kappa shape index (κ1) is 22.2. The molecule has 1 aliphatic heterocycles. The summed E-state index contributed by atoms with van der Waals surface area (Å²) in [6.45, 7) is 12.3.